The molecule has 0 aliphatic heterocycles. The molecule has 0 saturated heterocycles. The summed E-state index contributed by atoms with van der Waals surface area (Å²) in [6.45, 7) is 5.83. The summed E-state index contributed by atoms with van der Waals surface area (Å²) < 4.78 is 29.2. The zero-order chi connectivity index (χ0) is 16.2. The number of aromatic nitrogens is 2. The summed E-state index contributed by atoms with van der Waals surface area (Å²) in [6, 6.07) is 9.55. The molecule has 0 spiro atoms. The van der Waals surface area contributed by atoms with Crippen molar-refractivity contribution in [1.82, 2.24) is 10.1 Å². The predicted octanol–water partition coefficient (Wildman–Crippen LogP) is 3.00. The van der Waals surface area contributed by atoms with E-state index in [1.165, 1.54) is 0 Å². The summed E-state index contributed by atoms with van der Waals surface area (Å²) >= 11 is 0. The quantitative estimate of drug-likeness (QED) is 0.846. The van der Waals surface area contributed by atoms with Gasteiger partial charge in [-0.25, -0.2) is 8.42 Å². The number of hydrogen-bond donors (Lipinski definition) is 0. The highest BCUT2D eigenvalue weighted by Gasteiger charge is 2.23. The second-order valence-electron chi connectivity index (χ2n) is 6.13. The van der Waals surface area contributed by atoms with Crippen LogP contribution in [0.25, 0.3) is 6.08 Å². The Morgan fingerprint density at radius 1 is 1.18 bits per heavy atom. The van der Waals surface area contributed by atoms with Crippen LogP contribution in [-0.2, 0) is 21.0 Å². The van der Waals surface area contributed by atoms with E-state index < -0.39 is 9.84 Å². The maximum absolute atomic E-state index is 12.1. The van der Waals surface area contributed by atoms with E-state index in [-0.39, 0.29) is 22.8 Å². The van der Waals surface area contributed by atoms with Crippen LogP contribution >= 0.6 is 0 Å². The van der Waals surface area contributed by atoms with Crippen molar-refractivity contribution in [3.63, 3.8) is 0 Å². The molecule has 0 aliphatic carbocycles. The molecule has 0 saturated carbocycles. The third-order valence-corrected chi connectivity index (χ3v) is 4.33. The molecule has 0 fully saturated rings. The fourth-order valence-electron chi connectivity index (χ4n) is 1.76. The zero-order valence-corrected chi connectivity index (χ0v) is 13.8. The molecule has 0 bridgehead atoms. The molecule has 1 aromatic heterocycles. The van der Waals surface area contributed by atoms with E-state index in [1.807, 2.05) is 51.1 Å². The summed E-state index contributed by atoms with van der Waals surface area (Å²) in [5, 5.41) is 3.83. The third kappa shape index (κ3) is 4.80. The van der Waals surface area contributed by atoms with Crippen molar-refractivity contribution >= 4 is 15.9 Å². The maximum atomic E-state index is 12.1. The van der Waals surface area contributed by atoms with E-state index in [9.17, 15) is 8.42 Å². The van der Waals surface area contributed by atoms with Crippen LogP contribution in [0.5, 0.6) is 0 Å². The first-order valence-corrected chi connectivity index (χ1v) is 8.83. The van der Waals surface area contributed by atoms with Gasteiger partial charge >= 0.3 is 0 Å². The lowest BCUT2D eigenvalue weighted by Gasteiger charge is -2.10. The lowest BCUT2D eigenvalue weighted by molar-refractivity contribution is 0.371. The summed E-state index contributed by atoms with van der Waals surface area (Å²) in [5.41, 5.74) is 0.698. The molecule has 6 heteroatoms. The van der Waals surface area contributed by atoms with Gasteiger partial charge in [-0.3, -0.25) is 0 Å². The van der Waals surface area contributed by atoms with Gasteiger partial charge in [0, 0.05) is 5.41 Å². The molecule has 0 unspecified atom stereocenters. The van der Waals surface area contributed by atoms with Crippen molar-refractivity contribution in [2.45, 2.75) is 31.9 Å². The van der Waals surface area contributed by atoms with E-state index in [2.05, 4.69) is 10.1 Å². The normalized spacial score (nSPS) is 12.9. The van der Waals surface area contributed by atoms with Crippen molar-refractivity contribution in [1.29, 1.82) is 0 Å². The monoisotopic (exact) mass is 320 g/mol. The molecule has 0 amide bonds. The molecular weight excluding hydrogens is 300 g/mol. The average Bonchev–Trinajstić information content (AvgIpc) is 2.87. The van der Waals surface area contributed by atoms with Gasteiger partial charge in [0.2, 0.25) is 5.89 Å². The Labute approximate surface area is 131 Å². The molecule has 0 radical (unpaired) electrons. The van der Waals surface area contributed by atoms with E-state index >= 15 is 0 Å². The van der Waals surface area contributed by atoms with Crippen LogP contribution in [0.2, 0.25) is 0 Å². The molecule has 1 aromatic carbocycles. The lowest BCUT2D eigenvalue weighted by Crippen LogP contribution is -2.14. The summed E-state index contributed by atoms with van der Waals surface area (Å²) in [5.74, 6) is 0.347. The van der Waals surface area contributed by atoms with Gasteiger partial charge in [0.05, 0.1) is 5.75 Å². The Morgan fingerprint density at radius 2 is 1.86 bits per heavy atom. The fraction of sp³-hybridized carbons (Fsp3) is 0.375. The molecule has 22 heavy (non-hydrogen) atoms. The molecule has 2 aromatic rings. The Balaban J connectivity index is 1.99. The van der Waals surface area contributed by atoms with Crippen LogP contribution in [-0.4, -0.2) is 24.3 Å². The molecule has 2 rings (SSSR count). The predicted molar refractivity (Wildman–Crippen MR) is 86.0 cm³/mol. The van der Waals surface area contributed by atoms with Gasteiger partial charge in [-0.15, -0.1) is 0 Å². The Morgan fingerprint density at radius 3 is 2.45 bits per heavy atom. The van der Waals surface area contributed by atoms with Crippen molar-refractivity contribution in [2.24, 2.45) is 0 Å². The molecule has 118 valence electrons. The van der Waals surface area contributed by atoms with Crippen LogP contribution in [0.4, 0.5) is 0 Å². The first kappa shape index (κ1) is 16.4. The first-order chi connectivity index (χ1) is 10.3. The van der Waals surface area contributed by atoms with Gasteiger partial charge in [0.15, 0.2) is 15.7 Å². The maximum Gasteiger partial charge on any atom is 0.241 e. The van der Waals surface area contributed by atoms with Crippen molar-refractivity contribution in [3.05, 3.63) is 53.7 Å². The Kier molecular flexibility index (Phi) is 4.81. The number of hydrogen-bond acceptors (Lipinski definition) is 5. The molecule has 0 atom stereocenters. The van der Waals surface area contributed by atoms with Gasteiger partial charge in [0.25, 0.3) is 0 Å². The number of rotatable bonds is 5. The minimum atomic E-state index is -3.32. The average molecular weight is 320 g/mol. The molecule has 0 N–H and O–H groups in total. The van der Waals surface area contributed by atoms with Gasteiger partial charge in [-0.05, 0) is 5.56 Å². The summed E-state index contributed by atoms with van der Waals surface area (Å²) in [4.78, 5) is 4.15. The topological polar surface area (TPSA) is 73.1 Å². The Bertz CT molecular complexity index is 741. The molecule has 0 aliphatic rings. The highest BCUT2D eigenvalue weighted by Crippen LogP contribution is 2.19. The first-order valence-electron chi connectivity index (χ1n) is 7.01. The zero-order valence-electron chi connectivity index (χ0n) is 13.0. The summed E-state index contributed by atoms with van der Waals surface area (Å²) in [7, 11) is -3.32. The highest BCUT2D eigenvalue weighted by atomic mass is 32.2. The van der Waals surface area contributed by atoms with Crippen molar-refractivity contribution < 1.29 is 12.9 Å². The van der Waals surface area contributed by atoms with Crippen LogP contribution in [0.15, 0.2) is 40.9 Å². The van der Waals surface area contributed by atoms with Crippen molar-refractivity contribution in [2.75, 3.05) is 5.75 Å². The second kappa shape index (κ2) is 6.44. The van der Waals surface area contributed by atoms with E-state index in [0.717, 1.165) is 5.56 Å². The smallest absolute Gasteiger partial charge is 0.241 e. The van der Waals surface area contributed by atoms with E-state index in [0.29, 0.717) is 5.82 Å². The number of nitrogens with zero attached hydrogens (tertiary/aromatic N) is 2. The van der Waals surface area contributed by atoms with Crippen LogP contribution in [0.1, 0.15) is 38.0 Å². The third-order valence-electron chi connectivity index (χ3n) is 2.94. The van der Waals surface area contributed by atoms with Gasteiger partial charge in [0.1, 0.15) is 5.75 Å². The SMILES string of the molecule is CC(C)(C)c1noc(CS(=O)(=O)C/C=C/c2ccccc2)n1. The molecule has 1 heterocycles. The van der Waals surface area contributed by atoms with Crippen LogP contribution < -0.4 is 0 Å². The fourth-order valence-corrected chi connectivity index (χ4v) is 2.76. The largest absolute Gasteiger partial charge is 0.338 e. The van der Waals surface area contributed by atoms with E-state index in [4.69, 9.17) is 4.52 Å². The van der Waals surface area contributed by atoms with Gasteiger partial charge in [-0.1, -0.05) is 68.4 Å². The second-order valence-corrected chi connectivity index (χ2v) is 8.24. The number of benzene rings is 1. The van der Waals surface area contributed by atoms with Gasteiger partial charge in [-0.2, -0.15) is 4.98 Å². The van der Waals surface area contributed by atoms with Crippen LogP contribution in [0, 0.1) is 0 Å². The van der Waals surface area contributed by atoms with E-state index in [1.54, 1.807) is 12.2 Å². The minimum absolute atomic E-state index is 0.0604. The number of sulfone groups is 1. The summed E-state index contributed by atoms with van der Waals surface area (Å²) in [6.07, 6.45) is 3.41. The highest BCUT2D eigenvalue weighted by molar-refractivity contribution is 7.90. The molecular formula is C16H20N2O3S. The minimum Gasteiger partial charge on any atom is -0.338 e. The standard InChI is InChI=1S/C16H20N2O3S/c1-16(2,3)15-17-14(21-18-15)12-22(19,20)11-7-10-13-8-5-4-6-9-13/h4-10H,11-12H2,1-3H3/b10-7+. The molecule has 5 nitrogen and oxygen atoms in total. The lowest BCUT2D eigenvalue weighted by atomic mass is 9.96. The van der Waals surface area contributed by atoms with Crippen LogP contribution in [0.3, 0.4) is 0 Å². The van der Waals surface area contributed by atoms with Gasteiger partial charge < -0.3 is 4.52 Å². The van der Waals surface area contributed by atoms with Crippen molar-refractivity contribution in [3.8, 4) is 0 Å². The Hall–Kier alpha value is -1.95.